The molecule has 2 aromatic carbocycles. The summed E-state index contributed by atoms with van der Waals surface area (Å²) in [6, 6.07) is 7.90. The van der Waals surface area contributed by atoms with Gasteiger partial charge in [-0.25, -0.2) is 4.39 Å². The number of rotatable bonds is 2. The molecule has 108 valence electrons. The fourth-order valence-corrected chi connectivity index (χ4v) is 2.95. The van der Waals surface area contributed by atoms with Gasteiger partial charge in [-0.3, -0.25) is 4.79 Å². The van der Waals surface area contributed by atoms with Gasteiger partial charge in [0.15, 0.2) is 5.78 Å². The minimum Gasteiger partial charge on any atom is -0.490 e. The summed E-state index contributed by atoms with van der Waals surface area (Å²) in [6.07, 6.45) is 0.905. The van der Waals surface area contributed by atoms with Gasteiger partial charge in [-0.05, 0) is 58.7 Å². The first kappa shape index (κ1) is 14.1. The summed E-state index contributed by atoms with van der Waals surface area (Å²) < 4.78 is 19.4. The Kier molecular flexibility index (Phi) is 3.45. The van der Waals surface area contributed by atoms with Gasteiger partial charge in [0, 0.05) is 22.0 Å². The number of ketones is 1. The number of nitrogen functional groups attached to an aromatic ring is 1. The largest absolute Gasteiger partial charge is 0.490 e. The lowest BCUT2D eigenvalue weighted by Gasteiger charge is -2.07. The zero-order valence-corrected chi connectivity index (χ0v) is 12.9. The van der Waals surface area contributed by atoms with Crippen molar-refractivity contribution in [1.29, 1.82) is 0 Å². The number of halogens is 2. The van der Waals surface area contributed by atoms with Crippen molar-refractivity contribution in [3.8, 4) is 5.75 Å². The van der Waals surface area contributed by atoms with Gasteiger partial charge in [-0.2, -0.15) is 0 Å². The van der Waals surface area contributed by atoms with Crippen LogP contribution in [0.3, 0.4) is 0 Å². The Bertz CT molecular complexity index is 745. The van der Waals surface area contributed by atoms with Gasteiger partial charge in [0.25, 0.3) is 0 Å². The smallest absolute Gasteiger partial charge is 0.194 e. The summed E-state index contributed by atoms with van der Waals surface area (Å²) in [5.41, 5.74) is 7.41. The van der Waals surface area contributed by atoms with Crippen molar-refractivity contribution >= 4 is 27.4 Å². The highest BCUT2D eigenvalue weighted by atomic mass is 79.9. The minimum absolute atomic E-state index is 0.0420. The van der Waals surface area contributed by atoms with Gasteiger partial charge in [-0.1, -0.05) is 0 Å². The third-order valence-electron chi connectivity index (χ3n) is 3.49. The van der Waals surface area contributed by atoms with Crippen molar-refractivity contribution in [1.82, 2.24) is 0 Å². The molecule has 1 aliphatic rings. The second kappa shape index (κ2) is 5.15. The van der Waals surface area contributed by atoms with E-state index in [2.05, 4.69) is 15.9 Å². The van der Waals surface area contributed by atoms with Crippen LogP contribution >= 0.6 is 15.9 Å². The average molecular weight is 350 g/mol. The fraction of sp³-hybridized carbons (Fsp3) is 0.188. The van der Waals surface area contributed by atoms with Gasteiger partial charge in [0.2, 0.25) is 0 Å². The van der Waals surface area contributed by atoms with Gasteiger partial charge in [-0.15, -0.1) is 0 Å². The van der Waals surface area contributed by atoms with E-state index in [1.54, 1.807) is 12.1 Å². The van der Waals surface area contributed by atoms with Crippen molar-refractivity contribution in [3.63, 3.8) is 0 Å². The van der Waals surface area contributed by atoms with E-state index in [4.69, 9.17) is 10.5 Å². The summed E-state index contributed by atoms with van der Waals surface area (Å²) in [7, 11) is 0. The number of carbonyl (C=O) groups is 1. The van der Waals surface area contributed by atoms with E-state index in [1.807, 2.05) is 13.0 Å². The molecule has 1 aliphatic heterocycles. The highest BCUT2D eigenvalue weighted by molar-refractivity contribution is 9.10. The van der Waals surface area contributed by atoms with E-state index in [9.17, 15) is 9.18 Å². The first-order valence-corrected chi connectivity index (χ1v) is 7.34. The van der Waals surface area contributed by atoms with Gasteiger partial charge in [0.05, 0.1) is 5.69 Å². The van der Waals surface area contributed by atoms with Crippen LogP contribution in [0.1, 0.15) is 28.4 Å². The highest BCUT2D eigenvalue weighted by Crippen LogP contribution is 2.31. The molecule has 2 aromatic rings. The molecular weight excluding hydrogens is 337 g/mol. The Hall–Kier alpha value is -1.88. The normalized spacial score (nSPS) is 16.4. The third-order valence-corrected chi connectivity index (χ3v) is 4.15. The molecule has 5 heteroatoms. The second-order valence-electron chi connectivity index (χ2n) is 5.14. The van der Waals surface area contributed by atoms with Crippen molar-refractivity contribution in [2.75, 3.05) is 5.73 Å². The number of fused-ring (bicyclic) bond motifs is 1. The molecule has 21 heavy (non-hydrogen) atoms. The quantitative estimate of drug-likeness (QED) is 0.663. The Morgan fingerprint density at radius 3 is 2.90 bits per heavy atom. The molecule has 3 rings (SSSR count). The van der Waals surface area contributed by atoms with Crippen LogP contribution in [-0.4, -0.2) is 11.9 Å². The molecule has 1 heterocycles. The Morgan fingerprint density at radius 1 is 1.38 bits per heavy atom. The van der Waals surface area contributed by atoms with Crippen LogP contribution in [0.15, 0.2) is 34.8 Å². The maximum absolute atomic E-state index is 13.4. The van der Waals surface area contributed by atoms with Crippen LogP contribution in [0.5, 0.6) is 5.75 Å². The van der Waals surface area contributed by atoms with Crippen LogP contribution in [0, 0.1) is 5.82 Å². The van der Waals surface area contributed by atoms with Crippen LogP contribution < -0.4 is 10.5 Å². The van der Waals surface area contributed by atoms with E-state index >= 15 is 0 Å². The molecule has 0 bridgehead atoms. The molecule has 0 fully saturated rings. The molecule has 3 nitrogen and oxygen atoms in total. The lowest BCUT2D eigenvalue weighted by atomic mass is 9.99. The number of ether oxygens (including phenoxy) is 1. The lowest BCUT2D eigenvalue weighted by molar-refractivity contribution is 0.103. The zero-order valence-electron chi connectivity index (χ0n) is 11.3. The molecule has 0 saturated heterocycles. The third kappa shape index (κ3) is 2.53. The monoisotopic (exact) mass is 349 g/mol. The average Bonchev–Trinajstić information content (AvgIpc) is 2.81. The van der Waals surface area contributed by atoms with E-state index in [-0.39, 0.29) is 17.6 Å². The number of hydrogen-bond acceptors (Lipinski definition) is 3. The second-order valence-corrected chi connectivity index (χ2v) is 5.99. The topological polar surface area (TPSA) is 52.3 Å². The molecule has 0 saturated carbocycles. The van der Waals surface area contributed by atoms with E-state index in [0.29, 0.717) is 15.6 Å². The summed E-state index contributed by atoms with van der Waals surface area (Å²) in [5, 5.41) is 0. The predicted molar refractivity (Wildman–Crippen MR) is 82.2 cm³/mol. The zero-order chi connectivity index (χ0) is 15.1. The van der Waals surface area contributed by atoms with Crippen molar-refractivity contribution in [2.24, 2.45) is 0 Å². The van der Waals surface area contributed by atoms with Gasteiger partial charge < -0.3 is 10.5 Å². The molecule has 1 atom stereocenters. The first-order chi connectivity index (χ1) is 9.95. The summed E-state index contributed by atoms with van der Waals surface area (Å²) in [4.78, 5) is 12.6. The molecule has 0 radical (unpaired) electrons. The molecular formula is C16H13BrFNO2. The summed E-state index contributed by atoms with van der Waals surface area (Å²) >= 11 is 3.21. The van der Waals surface area contributed by atoms with Crippen LogP contribution in [-0.2, 0) is 6.42 Å². The number of anilines is 1. The van der Waals surface area contributed by atoms with E-state index < -0.39 is 5.82 Å². The number of carbonyl (C=O) groups excluding carboxylic acids is 1. The molecule has 0 amide bonds. The summed E-state index contributed by atoms with van der Waals surface area (Å²) in [5.74, 6) is 0.0715. The standard InChI is InChI=1S/C16H13BrFNO2/c1-8-4-10-5-9(2-3-15(10)21-8)16(20)11-6-14(19)13(18)7-12(11)17/h2-3,5-8H,4,19H2,1H3. The maximum Gasteiger partial charge on any atom is 0.194 e. The molecule has 0 aromatic heterocycles. The Morgan fingerprint density at radius 2 is 2.14 bits per heavy atom. The molecule has 0 spiro atoms. The van der Waals surface area contributed by atoms with Gasteiger partial charge >= 0.3 is 0 Å². The number of benzene rings is 2. The highest BCUT2D eigenvalue weighted by Gasteiger charge is 2.22. The van der Waals surface area contributed by atoms with Crippen LogP contribution in [0.2, 0.25) is 0 Å². The Balaban J connectivity index is 2.00. The van der Waals surface area contributed by atoms with Crippen LogP contribution in [0.25, 0.3) is 0 Å². The molecule has 1 unspecified atom stereocenters. The summed E-state index contributed by atoms with van der Waals surface area (Å²) in [6.45, 7) is 1.98. The molecule has 2 N–H and O–H groups in total. The van der Waals surface area contributed by atoms with Gasteiger partial charge in [0.1, 0.15) is 17.7 Å². The van der Waals surface area contributed by atoms with E-state index in [0.717, 1.165) is 17.7 Å². The SMILES string of the molecule is CC1Cc2cc(C(=O)c3cc(N)c(F)cc3Br)ccc2O1. The minimum atomic E-state index is -0.547. The predicted octanol–water partition coefficient (Wildman–Crippen LogP) is 3.72. The van der Waals surface area contributed by atoms with Crippen molar-refractivity contribution in [3.05, 3.63) is 57.3 Å². The van der Waals surface area contributed by atoms with E-state index in [1.165, 1.54) is 12.1 Å². The number of nitrogens with two attached hydrogens (primary N) is 1. The fourth-order valence-electron chi connectivity index (χ4n) is 2.46. The van der Waals surface area contributed by atoms with Crippen molar-refractivity contribution < 1.29 is 13.9 Å². The molecule has 0 aliphatic carbocycles. The first-order valence-electron chi connectivity index (χ1n) is 6.54. The number of hydrogen-bond donors (Lipinski definition) is 1. The maximum atomic E-state index is 13.4. The van der Waals surface area contributed by atoms with Crippen LogP contribution in [0.4, 0.5) is 10.1 Å². The van der Waals surface area contributed by atoms with Crippen molar-refractivity contribution in [2.45, 2.75) is 19.4 Å². The lowest BCUT2D eigenvalue weighted by Crippen LogP contribution is -2.05. The Labute approximate surface area is 130 Å².